The molecule has 0 atom stereocenters. The number of methoxy groups -OCH3 is 2. The molecule has 2 aromatic carbocycles. The van der Waals surface area contributed by atoms with E-state index in [4.69, 9.17) is 9.47 Å². The van der Waals surface area contributed by atoms with E-state index in [1.165, 1.54) is 31.0 Å². The monoisotopic (exact) mass is 452 g/mol. The minimum Gasteiger partial charge on any atom is -0.497 e. The molecule has 1 fully saturated rings. The van der Waals surface area contributed by atoms with Crippen LogP contribution in [0.3, 0.4) is 0 Å². The number of anilines is 1. The summed E-state index contributed by atoms with van der Waals surface area (Å²) in [5.74, 6) is 2.88. The maximum Gasteiger partial charge on any atom is 0.234 e. The number of carbonyl (C=O) groups excluding carboxylic acids is 1. The van der Waals surface area contributed by atoms with Gasteiger partial charge in [0.15, 0.2) is 5.16 Å². The van der Waals surface area contributed by atoms with E-state index >= 15 is 0 Å². The van der Waals surface area contributed by atoms with Crippen molar-refractivity contribution < 1.29 is 14.3 Å². The van der Waals surface area contributed by atoms with Crippen LogP contribution in [0.5, 0.6) is 11.5 Å². The minimum absolute atomic E-state index is 0.122. The SMILES string of the molecule is COc1ccc(-n2c(SCC(=O)Nc3ccccc3OC)nnc2C2CCCCC2)cc1. The van der Waals surface area contributed by atoms with Crippen LogP contribution in [0.4, 0.5) is 5.69 Å². The number of para-hydroxylation sites is 2. The Bertz CT molecular complexity index is 1050. The molecule has 1 aromatic heterocycles. The van der Waals surface area contributed by atoms with E-state index in [9.17, 15) is 4.79 Å². The molecule has 7 nitrogen and oxygen atoms in total. The molecule has 1 heterocycles. The standard InChI is InChI=1S/C24H28N4O3S/c1-30-19-14-12-18(13-15-19)28-23(17-8-4-3-5-9-17)26-27-24(28)32-16-22(29)25-20-10-6-7-11-21(20)31-2/h6-7,10-15,17H,3-5,8-9,16H2,1-2H3,(H,25,29). The highest BCUT2D eigenvalue weighted by molar-refractivity contribution is 7.99. The van der Waals surface area contributed by atoms with E-state index in [-0.39, 0.29) is 11.7 Å². The number of nitrogens with one attached hydrogen (secondary N) is 1. The molecule has 8 heteroatoms. The van der Waals surface area contributed by atoms with Gasteiger partial charge in [0.05, 0.1) is 25.7 Å². The summed E-state index contributed by atoms with van der Waals surface area (Å²) in [6.45, 7) is 0. The highest BCUT2D eigenvalue weighted by Crippen LogP contribution is 2.35. The summed E-state index contributed by atoms with van der Waals surface area (Å²) in [5.41, 5.74) is 1.63. The molecule has 4 rings (SSSR count). The predicted molar refractivity (Wildman–Crippen MR) is 126 cm³/mol. The fourth-order valence-corrected chi connectivity index (χ4v) is 4.80. The zero-order valence-electron chi connectivity index (χ0n) is 18.4. The van der Waals surface area contributed by atoms with Gasteiger partial charge in [0.25, 0.3) is 0 Å². The summed E-state index contributed by atoms with van der Waals surface area (Å²) in [6, 6.07) is 15.3. The lowest BCUT2D eigenvalue weighted by atomic mass is 9.88. The summed E-state index contributed by atoms with van der Waals surface area (Å²) in [6.07, 6.45) is 5.94. The molecule has 1 saturated carbocycles. The summed E-state index contributed by atoms with van der Waals surface area (Å²) in [7, 11) is 3.24. The Morgan fingerprint density at radius 3 is 2.50 bits per heavy atom. The average Bonchev–Trinajstić information content (AvgIpc) is 3.27. The largest absolute Gasteiger partial charge is 0.497 e. The van der Waals surface area contributed by atoms with E-state index < -0.39 is 0 Å². The highest BCUT2D eigenvalue weighted by Gasteiger charge is 2.25. The number of benzene rings is 2. The quantitative estimate of drug-likeness (QED) is 0.481. The predicted octanol–water partition coefficient (Wildman–Crippen LogP) is 5.06. The van der Waals surface area contributed by atoms with Crippen LogP contribution in [0, 0.1) is 0 Å². The number of thioether (sulfide) groups is 1. The normalized spacial score (nSPS) is 14.2. The fraction of sp³-hybridized carbons (Fsp3) is 0.375. The molecule has 1 N–H and O–H groups in total. The van der Waals surface area contributed by atoms with Crippen molar-refractivity contribution in [2.24, 2.45) is 0 Å². The zero-order valence-corrected chi connectivity index (χ0v) is 19.2. The van der Waals surface area contributed by atoms with Gasteiger partial charge in [-0.25, -0.2) is 0 Å². The van der Waals surface area contributed by atoms with Gasteiger partial charge in [0, 0.05) is 11.6 Å². The van der Waals surface area contributed by atoms with Crippen molar-refractivity contribution in [2.45, 2.75) is 43.2 Å². The molecule has 1 amide bonds. The number of ether oxygens (including phenoxy) is 2. The summed E-state index contributed by atoms with van der Waals surface area (Å²) in [4.78, 5) is 12.6. The van der Waals surface area contributed by atoms with E-state index in [0.717, 1.165) is 30.1 Å². The fourth-order valence-electron chi connectivity index (χ4n) is 4.04. The molecule has 0 saturated heterocycles. The van der Waals surface area contributed by atoms with Gasteiger partial charge in [0.1, 0.15) is 17.3 Å². The molecule has 32 heavy (non-hydrogen) atoms. The van der Waals surface area contributed by atoms with Crippen LogP contribution in [0.2, 0.25) is 0 Å². The number of hydrogen-bond acceptors (Lipinski definition) is 6. The smallest absolute Gasteiger partial charge is 0.234 e. The molecule has 0 bridgehead atoms. The molecule has 1 aliphatic rings. The lowest BCUT2D eigenvalue weighted by molar-refractivity contribution is -0.113. The van der Waals surface area contributed by atoms with Crippen molar-refractivity contribution in [1.29, 1.82) is 0 Å². The number of amides is 1. The van der Waals surface area contributed by atoms with E-state index in [2.05, 4.69) is 20.1 Å². The lowest BCUT2D eigenvalue weighted by Crippen LogP contribution is -2.15. The molecule has 0 unspecified atom stereocenters. The van der Waals surface area contributed by atoms with Gasteiger partial charge in [-0.15, -0.1) is 10.2 Å². The van der Waals surface area contributed by atoms with Gasteiger partial charge in [0.2, 0.25) is 5.91 Å². The van der Waals surface area contributed by atoms with Crippen LogP contribution < -0.4 is 14.8 Å². The Hall–Kier alpha value is -3.00. The molecule has 168 valence electrons. The van der Waals surface area contributed by atoms with Gasteiger partial charge in [-0.2, -0.15) is 0 Å². The Kier molecular flexibility index (Phi) is 7.32. The van der Waals surface area contributed by atoms with Gasteiger partial charge >= 0.3 is 0 Å². The van der Waals surface area contributed by atoms with Crippen molar-refractivity contribution in [1.82, 2.24) is 14.8 Å². The molecular weight excluding hydrogens is 424 g/mol. The van der Waals surface area contributed by atoms with Crippen LogP contribution in [0.15, 0.2) is 53.7 Å². The van der Waals surface area contributed by atoms with Crippen molar-refractivity contribution >= 4 is 23.4 Å². The van der Waals surface area contributed by atoms with Crippen molar-refractivity contribution in [3.63, 3.8) is 0 Å². The minimum atomic E-state index is -0.122. The van der Waals surface area contributed by atoms with Gasteiger partial charge < -0.3 is 14.8 Å². The van der Waals surface area contributed by atoms with Crippen LogP contribution in [0.25, 0.3) is 5.69 Å². The maximum atomic E-state index is 12.6. The van der Waals surface area contributed by atoms with Crippen LogP contribution >= 0.6 is 11.8 Å². The number of hydrogen-bond donors (Lipinski definition) is 1. The topological polar surface area (TPSA) is 78.3 Å². The number of rotatable bonds is 8. The Morgan fingerprint density at radius 1 is 1.03 bits per heavy atom. The molecule has 3 aromatic rings. The third-order valence-corrected chi connectivity index (χ3v) is 6.60. The number of aromatic nitrogens is 3. The first-order valence-electron chi connectivity index (χ1n) is 10.8. The third kappa shape index (κ3) is 5.07. The third-order valence-electron chi connectivity index (χ3n) is 5.67. The van der Waals surface area contributed by atoms with Gasteiger partial charge in [-0.3, -0.25) is 9.36 Å². The molecular formula is C24H28N4O3S. The van der Waals surface area contributed by atoms with Crippen molar-refractivity contribution in [2.75, 3.05) is 25.3 Å². The molecule has 1 aliphatic carbocycles. The summed E-state index contributed by atoms with van der Waals surface area (Å²) < 4.78 is 12.7. The van der Waals surface area contributed by atoms with Crippen molar-refractivity contribution in [3.8, 4) is 17.2 Å². The highest BCUT2D eigenvalue weighted by atomic mass is 32.2. The molecule has 0 radical (unpaired) electrons. The van der Waals surface area contributed by atoms with Gasteiger partial charge in [-0.1, -0.05) is 43.2 Å². The molecule has 0 spiro atoms. The van der Waals surface area contributed by atoms with E-state index in [1.54, 1.807) is 14.2 Å². The van der Waals surface area contributed by atoms with E-state index in [0.29, 0.717) is 22.5 Å². The maximum absolute atomic E-state index is 12.6. The van der Waals surface area contributed by atoms with Crippen LogP contribution in [-0.2, 0) is 4.79 Å². The van der Waals surface area contributed by atoms with Crippen LogP contribution in [0.1, 0.15) is 43.8 Å². The number of nitrogens with zero attached hydrogens (tertiary/aromatic N) is 3. The number of carbonyl (C=O) groups is 1. The second-order valence-electron chi connectivity index (χ2n) is 7.75. The Balaban J connectivity index is 1.54. The second-order valence-corrected chi connectivity index (χ2v) is 8.69. The second kappa shape index (κ2) is 10.5. The average molecular weight is 453 g/mol. The van der Waals surface area contributed by atoms with Crippen molar-refractivity contribution in [3.05, 3.63) is 54.4 Å². The van der Waals surface area contributed by atoms with Crippen LogP contribution in [-0.4, -0.2) is 40.6 Å². The lowest BCUT2D eigenvalue weighted by Gasteiger charge is -2.22. The Morgan fingerprint density at radius 2 is 1.78 bits per heavy atom. The first-order chi connectivity index (χ1) is 15.7. The Labute approximate surface area is 192 Å². The first kappa shape index (κ1) is 22.2. The summed E-state index contributed by atoms with van der Waals surface area (Å²) in [5, 5.41) is 12.7. The first-order valence-corrected chi connectivity index (χ1v) is 11.8. The summed E-state index contributed by atoms with van der Waals surface area (Å²) >= 11 is 1.38. The van der Waals surface area contributed by atoms with Gasteiger partial charge in [-0.05, 0) is 49.2 Å². The zero-order chi connectivity index (χ0) is 22.3. The van der Waals surface area contributed by atoms with E-state index in [1.807, 2.05) is 48.5 Å². The molecule has 0 aliphatic heterocycles.